The molecule has 0 bridgehead atoms. The molecule has 0 heterocycles. The van der Waals surface area contributed by atoms with Crippen LogP contribution >= 0.6 is 0 Å². The number of rotatable bonds is 4. The van der Waals surface area contributed by atoms with E-state index in [-0.39, 0.29) is 16.6 Å². The average molecular weight is 317 g/mol. The molecule has 0 spiro atoms. The van der Waals surface area contributed by atoms with Crippen molar-refractivity contribution in [3.63, 3.8) is 0 Å². The molecule has 0 saturated carbocycles. The largest absolute Gasteiger partial charge is 0.322 e. The Hall–Kier alpha value is -2.14. The van der Waals surface area contributed by atoms with Crippen molar-refractivity contribution in [2.75, 3.05) is 11.1 Å². The van der Waals surface area contributed by atoms with Gasteiger partial charge >= 0.3 is 0 Å². The Bertz CT molecular complexity index is 793. The highest BCUT2D eigenvalue weighted by Gasteiger charge is 2.12. The molecular formula is C17H19NO3S. The standard InChI is InChI=1S/C17H19NO3S/c1-4-22(20,21)16-9-7-15(8-10-16)18-17(19)14-6-5-12(2)13(3)11-14/h5-11H,4H2,1-3H3,(H,18,19). The Kier molecular flexibility index (Phi) is 4.66. The average Bonchev–Trinajstić information content (AvgIpc) is 2.50. The number of benzene rings is 2. The summed E-state index contributed by atoms with van der Waals surface area (Å²) in [5, 5.41) is 2.77. The van der Waals surface area contributed by atoms with Crippen LogP contribution in [0.3, 0.4) is 0 Å². The number of hydrogen-bond acceptors (Lipinski definition) is 3. The lowest BCUT2D eigenvalue weighted by Gasteiger charge is -2.08. The van der Waals surface area contributed by atoms with Crippen LogP contribution in [0.2, 0.25) is 0 Å². The van der Waals surface area contributed by atoms with Crippen LogP contribution in [0.4, 0.5) is 5.69 Å². The highest BCUT2D eigenvalue weighted by molar-refractivity contribution is 7.91. The minimum Gasteiger partial charge on any atom is -0.322 e. The summed E-state index contributed by atoms with van der Waals surface area (Å²) >= 11 is 0. The van der Waals surface area contributed by atoms with Crippen molar-refractivity contribution in [2.24, 2.45) is 0 Å². The zero-order valence-electron chi connectivity index (χ0n) is 12.9. The van der Waals surface area contributed by atoms with E-state index in [1.54, 1.807) is 25.1 Å². The molecule has 0 atom stereocenters. The van der Waals surface area contributed by atoms with Gasteiger partial charge in [0.25, 0.3) is 5.91 Å². The van der Waals surface area contributed by atoms with Gasteiger partial charge in [0.15, 0.2) is 9.84 Å². The molecule has 0 aliphatic carbocycles. The van der Waals surface area contributed by atoms with E-state index in [4.69, 9.17) is 0 Å². The third-order valence-corrected chi connectivity index (χ3v) is 5.37. The molecule has 0 unspecified atom stereocenters. The van der Waals surface area contributed by atoms with Gasteiger partial charge in [-0.2, -0.15) is 0 Å². The molecule has 0 fully saturated rings. The van der Waals surface area contributed by atoms with Crippen LogP contribution in [0.25, 0.3) is 0 Å². The van der Waals surface area contributed by atoms with Crippen LogP contribution in [-0.4, -0.2) is 20.1 Å². The van der Waals surface area contributed by atoms with E-state index in [0.717, 1.165) is 11.1 Å². The van der Waals surface area contributed by atoms with E-state index in [9.17, 15) is 13.2 Å². The maximum absolute atomic E-state index is 12.2. The van der Waals surface area contributed by atoms with Gasteiger partial charge in [-0.1, -0.05) is 13.0 Å². The number of sulfone groups is 1. The lowest BCUT2D eigenvalue weighted by Crippen LogP contribution is -2.12. The molecule has 0 aromatic heterocycles. The topological polar surface area (TPSA) is 63.2 Å². The monoisotopic (exact) mass is 317 g/mol. The first-order valence-electron chi connectivity index (χ1n) is 7.05. The van der Waals surface area contributed by atoms with Crippen LogP contribution in [0, 0.1) is 13.8 Å². The summed E-state index contributed by atoms with van der Waals surface area (Å²) in [5.41, 5.74) is 3.33. The Balaban J connectivity index is 2.17. The van der Waals surface area contributed by atoms with Gasteiger partial charge in [-0.25, -0.2) is 8.42 Å². The second-order valence-electron chi connectivity index (χ2n) is 5.18. The fourth-order valence-electron chi connectivity index (χ4n) is 2.00. The number of anilines is 1. The number of carbonyl (C=O) groups is 1. The molecule has 2 aromatic carbocycles. The number of nitrogens with one attached hydrogen (secondary N) is 1. The molecule has 0 aliphatic rings. The van der Waals surface area contributed by atoms with Crippen molar-refractivity contribution in [3.05, 3.63) is 59.2 Å². The van der Waals surface area contributed by atoms with Crippen molar-refractivity contribution in [3.8, 4) is 0 Å². The first kappa shape index (κ1) is 16.2. The molecule has 1 amide bonds. The predicted octanol–water partition coefficient (Wildman–Crippen LogP) is 3.35. The summed E-state index contributed by atoms with van der Waals surface area (Å²) in [6, 6.07) is 11.7. The maximum Gasteiger partial charge on any atom is 0.255 e. The van der Waals surface area contributed by atoms with E-state index >= 15 is 0 Å². The SMILES string of the molecule is CCS(=O)(=O)c1ccc(NC(=O)c2ccc(C)c(C)c2)cc1. The van der Waals surface area contributed by atoms with Gasteiger partial charge in [-0.05, 0) is 61.4 Å². The van der Waals surface area contributed by atoms with Crippen LogP contribution in [-0.2, 0) is 9.84 Å². The van der Waals surface area contributed by atoms with Crippen molar-refractivity contribution >= 4 is 21.4 Å². The lowest BCUT2D eigenvalue weighted by atomic mass is 10.1. The fourth-order valence-corrected chi connectivity index (χ4v) is 2.88. The van der Waals surface area contributed by atoms with Crippen LogP contribution in [0.5, 0.6) is 0 Å². The quantitative estimate of drug-likeness (QED) is 0.940. The van der Waals surface area contributed by atoms with E-state index < -0.39 is 9.84 Å². The molecule has 0 radical (unpaired) electrons. The summed E-state index contributed by atoms with van der Waals surface area (Å²) in [4.78, 5) is 12.4. The van der Waals surface area contributed by atoms with E-state index in [1.807, 2.05) is 26.0 Å². The molecule has 2 aromatic rings. The zero-order valence-corrected chi connectivity index (χ0v) is 13.7. The number of amides is 1. The summed E-state index contributed by atoms with van der Waals surface area (Å²) < 4.78 is 23.5. The Morgan fingerprint density at radius 1 is 1.00 bits per heavy atom. The summed E-state index contributed by atoms with van der Waals surface area (Å²) in [5.74, 6) is -0.157. The normalized spacial score (nSPS) is 11.2. The van der Waals surface area contributed by atoms with Gasteiger partial charge in [0, 0.05) is 11.3 Å². The molecule has 0 saturated heterocycles. The highest BCUT2D eigenvalue weighted by atomic mass is 32.2. The van der Waals surface area contributed by atoms with Crippen LogP contribution in [0.1, 0.15) is 28.4 Å². The Labute approximate surface area is 131 Å². The van der Waals surface area contributed by atoms with Crippen molar-refractivity contribution in [1.29, 1.82) is 0 Å². The van der Waals surface area contributed by atoms with Crippen molar-refractivity contribution in [1.82, 2.24) is 0 Å². The number of carbonyl (C=O) groups excluding carboxylic acids is 1. The first-order valence-corrected chi connectivity index (χ1v) is 8.70. The summed E-state index contributed by atoms with van der Waals surface area (Å²) in [6.45, 7) is 5.55. The smallest absolute Gasteiger partial charge is 0.255 e. The Morgan fingerprint density at radius 3 is 2.18 bits per heavy atom. The van der Waals surface area contributed by atoms with Gasteiger partial charge in [0.1, 0.15) is 0 Å². The number of hydrogen-bond donors (Lipinski definition) is 1. The molecular weight excluding hydrogens is 298 g/mol. The van der Waals surface area contributed by atoms with Gasteiger partial charge in [-0.15, -0.1) is 0 Å². The molecule has 1 N–H and O–H groups in total. The third-order valence-electron chi connectivity index (χ3n) is 3.62. The highest BCUT2D eigenvalue weighted by Crippen LogP contribution is 2.17. The van der Waals surface area contributed by atoms with E-state index in [0.29, 0.717) is 11.3 Å². The van der Waals surface area contributed by atoms with Crippen molar-refractivity contribution in [2.45, 2.75) is 25.7 Å². The molecule has 0 aliphatic heterocycles. The minimum atomic E-state index is -3.22. The molecule has 2 rings (SSSR count). The van der Waals surface area contributed by atoms with Gasteiger partial charge in [-0.3, -0.25) is 4.79 Å². The summed E-state index contributed by atoms with van der Waals surface area (Å²) in [6.07, 6.45) is 0. The van der Waals surface area contributed by atoms with Crippen LogP contribution < -0.4 is 5.32 Å². The minimum absolute atomic E-state index is 0.0569. The second-order valence-corrected chi connectivity index (χ2v) is 7.46. The Morgan fingerprint density at radius 2 is 1.64 bits per heavy atom. The van der Waals surface area contributed by atoms with E-state index in [2.05, 4.69) is 5.32 Å². The molecule has 5 heteroatoms. The maximum atomic E-state index is 12.2. The van der Waals surface area contributed by atoms with Crippen LogP contribution in [0.15, 0.2) is 47.4 Å². The second kappa shape index (κ2) is 6.32. The lowest BCUT2D eigenvalue weighted by molar-refractivity contribution is 0.102. The molecule has 116 valence electrons. The fraction of sp³-hybridized carbons (Fsp3) is 0.235. The van der Waals surface area contributed by atoms with Crippen molar-refractivity contribution < 1.29 is 13.2 Å². The molecule has 22 heavy (non-hydrogen) atoms. The van der Waals surface area contributed by atoms with Gasteiger partial charge < -0.3 is 5.32 Å². The predicted molar refractivity (Wildman–Crippen MR) is 88.0 cm³/mol. The first-order chi connectivity index (χ1) is 10.3. The molecule has 4 nitrogen and oxygen atoms in total. The van der Waals surface area contributed by atoms with Gasteiger partial charge in [0.05, 0.1) is 10.6 Å². The summed E-state index contributed by atoms with van der Waals surface area (Å²) in [7, 11) is -3.22. The number of aryl methyl sites for hydroxylation is 2. The van der Waals surface area contributed by atoms with E-state index in [1.165, 1.54) is 12.1 Å². The third kappa shape index (κ3) is 3.54. The van der Waals surface area contributed by atoms with Gasteiger partial charge in [0.2, 0.25) is 0 Å². The zero-order chi connectivity index (χ0) is 16.3.